The van der Waals surface area contributed by atoms with Gasteiger partial charge in [0.05, 0.1) is 6.10 Å². The van der Waals surface area contributed by atoms with Gasteiger partial charge in [-0.25, -0.2) is 0 Å². The summed E-state index contributed by atoms with van der Waals surface area (Å²) in [6.45, 7) is 7.53. The Kier molecular flexibility index (Phi) is 4.80. The van der Waals surface area contributed by atoms with Crippen molar-refractivity contribution in [2.24, 2.45) is 0 Å². The fourth-order valence-electron chi connectivity index (χ4n) is 2.71. The molecule has 0 N–H and O–H groups in total. The van der Waals surface area contributed by atoms with Gasteiger partial charge < -0.3 is 9.64 Å². The molecule has 1 amide bonds. The monoisotopic (exact) mass is 240 g/mol. The van der Waals surface area contributed by atoms with Gasteiger partial charge >= 0.3 is 0 Å². The van der Waals surface area contributed by atoms with Crippen molar-refractivity contribution in [3.05, 3.63) is 0 Å². The van der Waals surface area contributed by atoms with E-state index in [1.807, 2.05) is 4.90 Å². The quantitative estimate of drug-likeness (QED) is 0.725. The molecule has 4 nitrogen and oxygen atoms in total. The highest BCUT2D eigenvalue weighted by Crippen LogP contribution is 2.15. The second-order valence-corrected chi connectivity index (χ2v) is 5.15. The summed E-state index contributed by atoms with van der Waals surface area (Å²) in [5.74, 6) is 0.209. The Morgan fingerprint density at radius 3 is 2.76 bits per heavy atom. The van der Waals surface area contributed by atoms with E-state index >= 15 is 0 Å². The lowest BCUT2D eigenvalue weighted by Crippen LogP contribution is -2.38. The molecule has 1 atom stereocenters. The number of hydrogen-bond acceptors (Lipinski definition) is 3. The first kappa shape index (κ1) is 12.8. The predicted molar refractivity (Wildman–Crippen MR) is 66.9 cm³/mol. The average molecular weight is 240 g/mol. The molecule has 2 heterocycles. The summed E-state index contributed by atoms with van der Waals surface area (Å²) >= 11 is 0. The highest BCUT2D eigenvalue weighted by molar-refractivity contribution is 5.73. The average Bonchev–Trinajstić information content (AvgIpc) is 2.56. The van der Waals surface area contributed by atoms with E-state index in [2.05, 4.69) is 4.90 Å². The van der Waals surface area contributed by atoms with Crippen molar-refractivity contribution < 1.29 is 9.53 Å². The molecule has 0 aromatic rings. The van der Waals surface area contributed by atoms with E-state index < -0.39 is 0 Å². The van der Waals surface area contributed by atoms with E-state index in [1.54, 1.807) is 6.92 Å². The smallest absolute Gasteiger partial charge is 0.219 e. The number of nitrogens with zero attached hydrogens (tertiary/aromatic N) is 2. The minimum Gasteiger partial charge on any atom is -0.377 e. The van der Waals surface area contributed by atoms with Crippen LogP contribution in [0, 0.1) is 0 Å². The number of hydrogen-bond donors (Lipinski definition) is 0. The lowest BCUT2D eigenvalue weighted by Gasteiger charge is -2.29. The van der Waals surface area contributed by atoms with Crippen molar-refractivity contribution in [1.29, 1.82) is 0 Å². The maximum atomic E-state index is 11.3. The Morgan fingerprint density at radius 1 is 1.18 bits per heavy atom. The van der Waals surface area contributed by atoms with E-state index in [1.165, 1.54) is 19.3 Å². The lowest BCUT2D eigenvalue weighted by molar-refractivity contribution is -0.128. The number of ether oxygens (including phenoxy) is 1. The molecule has 17 heavy (non-hydrogen) atoms. The second kappa shape index (κ2) is 6.36. The van der Waals surface area contributed by atoms with Crippen LogP contribution in [0.15, 0.2) is 0 Å². The van der Waals surface area contributed by atoms with Gasteiger partial charge in [0.2, 0.25) is 5.91 Å². The Labute approximate surface area is 104 Å². The van der Waals surface area contributed by atoms with Crippen molar-refractivity contribution in [1.82, 2.24) is 9.80 Å². The van der Waals surface area contributed by atoms with Gasteiger partial charge in [-0.1, -0.05) is 0 Å². The summed E-state index contributed by atoms with van der Waals surface area (Å²) in [7, 11) is 0. The van der Waals surface area contributed by atoms with Gasteiger partial charge in [-0.05, 0) is 32.2 Å². The number of carbonyl (C=O) groups is 1. The number of amides is 1. The van der Waals surface area contributed by atoms with Gasteiger partial charge in [-0.2, -0.15) is 0 Å². The van der Waals surface area contributed by atoms with Crippen LogP contribution in [0.25, 0.3) is 0 Å². The third-order valence-electron chi connectivity index (χ3n) is 3.77. The third-order valence-corrected chi connectivity index (χ3v) is 3.77. The van der Waals surface area contributed by atoms with E-state index in [4.69, 9.17) is 4.74 Å². The van der Waals surface area contributed by atoms with Crippen molar-refractivity contribution in [3.63, 3.8) is 0 Å². The van der Waals surface area contributed by atoms with Gasteiger partial charge in [0.1, 0.15) is 0 Å². The fourth-order valence-corrected chi connectivity index (χ4v) is 2.71. The molecule has 1 unspecified atom stereocenters. The van der Waals surface area contributed by atoms with E-state index in [-0.39, 0.29) is 5.91 Å². The Bertz CT molecular complexity index is 252. The third kappa shape index (κ3) is 3.96. The molecular weight excluding hydrogens is 216 g/mol. The summed E-state index contributed by atoms with van der Waals surface area (Å²) in [6, 6.07) is 0. The second-order valence-electron chi connectivity index (χ2n) is 5.15. The zero-order valence-electron chi connectivity index (χ0n) is 10.9. The standard InChI is InChI=1S/C13H24N2O2/c1-12(16)15-7-4-6-14(8-9-15)11-13-5-2-3-10-17-13/h13H,2-11H2,1H3. The van der Waals surface area contributed by atoms with E-state index in [0.717, 1.165) is 45.8 Å². The van der Waals surface area contributed by atoms with Gasteiger partial charge in [-0.15, -0.1) is 0 Å². The Balaban J connectivity index is 1.76. The van der Waals surface area contributed by atoms with Crippen molar-refractivity contribution in [2.45, 2.75) is 38.7 Å². The van der Waals surface area contributed by atoms with Crippen LogP contribution in [-0.2, 0) is 9.53 Å². The minimum atomic E-state index is 0.209. The Hall–Kier alpha value is -0.610. The molecule has 0 bridgehead atoms. The minimum absolute atomic E-state index is 0.209. The summed E-state index contributed by atoms with van der Waals surface area (Å²) in [5.41, 5.74) is 0. The van der Waals surface area contributed by atoms with Crippen LogP contribution >= 0.6 is 0 Å². The number of carbonyl (C=O) groups excluding carboxylic acids is 1. The molecule has 2 aliphatic heterocycles. The van der Waals surface area contributed by atoms with Crippen LogP contribution in [0.1, 0.15) is 32.6 Å². The molecule has 2 fully saturated rings. The molecule has 0 aromatic carbocycles. The SMILES string of the molecule is CC(=O)N1CCCN(CC2CCCCO2)CC1. The molecule has 0 spiro atoms. The molecule has 2 aliphatic rings. The lowest BCUT2D eigenvalue weighted by atomic mass is 10.1. The predicted octanol–water partition coefficient (Wildman–Crippen LogP) is 1.11. The highest BCUT2D eigenvalue weighted by atomic mass is 16.5. The summed E-state index contributed by atoms with van der Waals surface area (Å²) in [5, 5.41) is 0. The van der Waals surface area contributed by atoms with Crippen molar-refractivity contribution >= 4 is 5.91 Å². The van der Waals surface area contributed by atoms with Crippen LogP contribution in [-0.4, -0.2) is 61.1 Å². The van der Waals surface area contributed by atoms with Crippen LogP contribution in [0.5, 0.6) is 0 Å². The summed E-state index contributed by atoms with van der Waals surface area (Å²) in [4.78, 5) is 15.7. The van der Waals surface area contributed by atoms with Crippen LogP contribution < -0.4 is 0 Å². The molecule has 2 saturated heterocycles. The molecule has 0 aromatic heterocycles. The fraction of sp³-hybridized carbons (Fsp3) is 0.923. The normalized spacial score (nSPS) is 27.8. The summed E-state index contributed by atoms with van der Waals surface area (Å²) < 4.78 is 5.77. The van der Waals surface area contributed by atoms with Gasteiger partial charge in [-0.3, -0.25) is 9.69 Å². The molecule has 98 valence electrons. The Morgan fingerprint density at radius 2 is 2.06 bits per heavy atom. The van der Waals surface area contributed by atoms with Crippen LogP contribution in [0.2, 0.25) is 0 Å². The maximum Gasteiger partial charge on any atom is 0.219 e. The van der Waals surface area contributed by atoms with E-state index in [0.29, 0.717) is 6.10 Å². The summed E-state index contributed by atoms with van der Waals surface area (Å²) in [6.07, 6.45) is 5.24. The topological polar surface area (TPSA) is 32.8 Å². The first-order chi connectivity index (χ1) is 8.25. The van der Waals surface area contributed by atoms with Gasteiger partial charge in [0.15, 0.2) is 0 Å². The van der Waals surface area contributed by atoms with Crippen LogP contribution in [0.4, 0.5) is 0 Å². The van der Waals surface area contributed by atoms with E-state index in [9.17, 15) is 4.79 Å². The van der Waals surface area contributed by atoms with Crippen molar-refractivity contribution in [3.8, 4) is 0 Å². The maximum absolute atomic E-state index is 11.3. The molecule has 0 radical (unpaired) electrons. The molecular formula is C13H24N2O2. The molecule has 0 aliphatic carbocycles. The highest BCUT2D eigenvalue weighted by Gasteiger charge is 2.21. The molecule has 0 saturated carbocycles. The first-order valence-electron chi connectivity index (χ1n) is 6.85. The zero-order valence-corrected chi connectivity index (χ0v) is 10.9. The first-order valence-corrected chi connectivity index (χ1v) is 6.85. The zero-order chi connectivity index (χ0) is 12.1. The number of rotatable bonds is 2. The van der Waals surface area contributed by atoms with Crippen molar-refractivity contribution in [2.75, 3.05) is 39.3 Å². The molecule has 4 heteroatoms. The van der Waals surface area contributed by atoms with Crippen LogP contribution in [0.3, 0.4) is 0 Å². The molecule has 2 rings (SSSR count). The van der Waals surface area contributed by atoms with Gasteiger partial charge in [0, 0.05) is 39.7 Å². The largest absolute Gasteiger partial charge is 0.377 e. The van der Waals surface area contributed by atoms with Gasteiger partial charge in [0.25, 0.3) is 0 Å².